The summed E-state index contributed by atoms with van der Waals surface area (Å²) in [4.78, 5) is 0. The Balaban J connectivity index is 1.18. The minimum absolute atomic E-state index is 0.0374. The SMILES string of the molecule is CC1CCCC(C)CCCC(C)CCC(C)CCCC(C)C2CCC(CCCC(C)CCOCC(CO[C@@H]3O[C@H](CO)[C@H](O)[C@@H](O)[C@H]3O)OCCC(C)CCCC(C)CCCC(C)CCCC(C)CCC(C)CCCC(C)C3CCC(CCCC(C)CCOCC(CO)OCCC(C)CCC1)C3)C2. The first kappa shape index (κ1) is 94.9. The Bertz CT molecular complexity index is 1940. The molecule has 2 aliphatic heterocycles. The molecule has 2 aliphatic carbocycles. The molecule has 0 aromatic heterocycles. The second kappa shape index (κ2) is 57.6. The smallest absolute Gasteiger partial charge is 0.186 e. The van der Waals surface area contributed by atoms with E-state index in [1.165, 1.54) is 257 Å². The van der Waals surface area contributed by atoms with Crippen LogP contribution in [0.4, 0.5) is 0 Å². The Morgan fingerprint density at radius 2 is 0.573 bits per heavy atom. The van der Waals surface area contributed by atoms with Crippen molar-refractivity contribution in [1.29, 1.82) is 0 Å². The van der Waals surface area contributed by atoms with Crippen molar-refractivity contribution in [3.05, 3.63) is 0 Å². The normalized spacial score (nSPS) is 40.0. The number of rotatable bonds is 5. The lowest BCUT2D eigenvalue weighted by Gasteiger charge is -2.40. The Morgan fingerprint density at radius 3 is 0.913 bits per heavy atom. The first-order chi connectivity index (χ1) is 49.5. The summed E-state index contributed by atoms with van der Waals surface area (Å²) in [6.07, 6.45) is 51.5. The van der Waals surface area contributed by atoms with Crippen molar-refractivity contribution < 1.29 is 54.0 Å². The number of aliphatic hydroxyl groups excluding tert-OH is 5. The van der Waals surface area contributed by atoms with E-state index in [2.05, 4.69) is 96.9 Å². The summed E-state index contributed by atoms with van der Waals surface area (Å²) in [6, 6.07) is 0. The number of aliphatic hydroxyl groups is 5. The summed E-state index contributed by atoms with van der Waals surface area (Å²) in [5.74, 6) is 14.4. The van der Waals surface area contributed by atoms with Gasteiger partial charge in [-0.2, -0.15) is 0 Å². The molecule has 0 amide bonds. The van der Waals surface area contributed by atoms with Gasteiger partial charge in [0.25, 0.3) is 0 Å². The Morgan fingerprint density at radius 1 is 0.282 bits per heavy atom. The van der Waals surface area contributed by atoms with Crippen LogP contribution in [0.5, 0.6) is 0 Å². The van der Waals surface area contributed by atoms with Gasteiger partial charge in [-0.05, 0) is 158 Å². The van der Waals surface area contributed by atoms with Gasteiger partial charge in [-0.1, -0.05) is 328 Å². The van der Waals surface area contributed by atoms with Crippen LogP contribution in [0, 0.1) is 107 Å². The molecule has 0 spiro atoms. The van der Waals surface area contributed by atoms with Crippen LogP contribution in [0.15, 0.2) is 0 Å². The molecule has 4 aliphatic rings. The predicted octanol–water partition coefficient (Wildman–Crippen LogP) is 23.2. The summed E-state index contributed by atoms with van der Waals surface area (Å²) in [7, 11) is 0. The molecule has 25 atom stereocenters. The zero-order chi connectivity index (χ0) is 75.2. The van der Waals surface area contributed by atoms with E-state index >= 15 is 0 Å². The Kier molecular flexibility index (Phi) is 53.1. The molecule has 0 aromatic rings. The van der Waals surface area contributed by atoms with Crippen LogP contribution in [0.25, 0.3) is 0 Å². The fourth-order valence-electron chi connectivity index (χ4n) is 18.7. The molecule has 2 saturated carbocycles. The van der Waals surface area contributed by atoms with Gasteiger partial charge >= 0.3 is 0 Å². The van der Waals surface area contributed by atoms with Crippen molar-refractivity contribution in [3.63, 3.8) is 0 Å². The molecule has 5 N–H and O–H groups in total. The van der Waals surface area contributed by atoms with E-state index in [4.69, 9.17) is 28.4 Å². The standard InChI is InChI=1S/C92H178O11/c1-68-25-15-27-70(3)31-19-35-78(11)55-59-100-86(63-93)65-98-57-53-76(9)39-23-43-82-49-51-84(61-82)80(13)41-21-37-74(7)47-46-73(6)34-18-30-69(2)26-16-28-71(4)32-20-36-79(12)56-60-101-87(67-102-92-91(97)90(96)89(95)88(64-94)103-92)66-99-58-54-77(10)40-24-44-83-50-52-85(62-83)81(14)42-22-38-75(8)48-45-72(5)33-17-29-68/h68-97H,15-67H2,1-14H3/t68?,69?,70?,71?,72?,73?,74?,75?,76?,77?,78?,79?,80?,81?,82?,83?,84?,85?,86?,87?,88-,89+,90-,91-,92-/m1/s1. The number of fused-ring (bicyclic) bond motifs is 4. The number of ether oxygens (including phenoxy) is 6. The molecule has 2 saturated heterocycles. The molecule has 103 heavy (non-hydrogen) atoms. The van der Waals surface area contributed by atoms with Crippen molar-refractivity contribution in [1.82, 2.24) is 0 Å². The van der Waals surface area contributed by atoms with Gasteiger partial charge < -0.3 is 54.0 Å². The average molecular weight is 1460 g/mol. The maximum Gasteiger partial charge on any atom is 0.186 e. The third-order valence-electron chi connectivity index (χ3n) is 27.3. The van der Waals surface area contributed by atoms with Crippen molar-refractivity contribution in [2.45, 2.75) is 422 Å². The minimum atomic E-state index is -1.48. The molecule has 2 heterocycles. The topological polar surface area (TPSA) is 157 Å². The quantitative estimate of drug-likeness (QED) is 0.179. The third-order valence-corrected chi connectivity index (χ3v) is 27.3. The summed E-state index contributed by atoms with van der Waals surface area (Å²) < 4.78 is 36.7. The Hall–Kier alpha value is -0.440. The van der Waals surface area contributed by atoms with Gasteiger partial charge in [0.05, 0.1) is 33.0 Å². The van der Waals surface area contributed by atoms with E-state index in [-0.39, 0.29) is 25.4 Å². The van der Waals surface area contributed by atoms with Gasteiger partial charge in [0, 0.05) is 26.4 Å². The van der Waals surface area contributed by atoms with Gasteiger partial charge in [-0.15, -0.1) is 0 Å². The molecule has 11 heteroatoms. The lowest BCUT2D eigenvalue weighted by molar-refractivity contribution is -0.306. The van der Waals surface area contributed by atoms with E-state index in [1.54, 1.807) is 0 Å². The van der Waals surface area contributed by atoms with Crippen LogP contribution in [0.2, 0.25) is 0 Å². The van der Waals surface area contributed by atoms with Crippen LogP contribution in [-0.2, 0) is 28.4 Å². The van der Waals surface area contributed by atoms with Gasteiger partial charge in [0.15, 0.2) is 6.29 Å². The summed E-state index contributed by atoms with van der Waals surface area (Å²) in [5, 5.41) is 51.4. The van der Waals surface area contributed by atoms with Crippen LogP contribution < -0.4 is 0 Å². The highest BCUT2D eigenvalue weighted by molar-refractivity contribution is 4.89. The maximum atomic E-state index is 10.7. The van der Waals surface area contributed by atoms with E-state index in [0.29, 0.717) is 56.7 Å². The zero-order valence-electron chi connectivity index (χ0n) is 70.6. The highest BCUT2D eigenvalue weighted by Crippen LogP contribution is 2.42. The lowest BCUT2D eigenvalue weighted by Crippen LogP contribution is -2.59. The summed E-state index contributed by atoms with van der Waals surface area (Å²) in [5.41, 5.74) is 0. The van der Waals surface area contributed by atoms with E-state index in [9.17, 15) is 25.5 Å². The predicted molar refractivity (Wildman–Crippen MR) is 433 cm³/mol. The van der Waals surface area contributed by atoms with Gasteiger partial charge in [0.1, 0.15) is 36.6 Å². The highest BCUT2D eigenvalue weighted by Gasteiger charge is 2.44. The van der Waals surface area contributed by atoms with Crippen molar-refractivity contribution in [2.75, 3.05) is 59.5 Å². The zero-order valence-corrected chi connectivity index (χ0v) is 70.6. The Labute approximate surface area is 639 Å². The largest absolute Gasteiger partial charge is 0.394 e. The van der Waals surface area contributed by atoms with Crippen LogP contribution in [0.3, 0.4) is 0 Å². The van der Waals surface area contributed by atoms with Crippen LogP contribution in [0.1, 0.15) is 379 Å². The minimum Gasteiger partial charge on any atom is -0.394 e. The van der Waals surface area contributed by atoms with E-state index < -0.39 is 37.3 Å². The first-order valence-corrected chi connectivity index (χ1v) is 45.4. The first-order valence-electron chi connectivity index (χ1n) is 45.4. The average Bonchev–Trinajstić information content (AvgIpc) is 1.59. The van der Waals surface area contributed by atoms with Crippen molar-refractivity contribution in [2.24, 2.45) is 107 Å². The molecule has 20 unspecified atom stereocenters. The summed E-state index contributed by atoms with van der Waals surface area (Å²) in [6.45, 7) is 37.8. The molecular weight excluding hydrogens is 1280 g/mol. The van der Waals surface area contributed by atoms with Crippen LogP contribution >= 0.6 is 0 Å². The summed E-state index contributed by atoms with van der Waals surface area (Å²) >= 11 is 0. The molecular formula is C92H178O11. The lowest BCUT2D eigenvalue weighted by atomic mass is 9.85. The number of hydrogen-bond acceptors (Lipinski definition) is 11. The second-order valence-electron chi connectivity index (χ2n) is 38.1. The number of hydrogen-bond donors (Lipinski definition) is 5. The molecule has 0 aromatic carbocycles. The van der Waals surface area contributed by atoms with Gasteiger partial charge in [-0.3, -0.25) is 0 Å². The molecule has 612 valence electrons. The van der Waals surface area contributed by atoms with Gasteiger partial charge in [-0.25, -0.2) is 0 Å². The van der Waals surface area contributed by atoms with Crippen molar-refractivity contribution >= 4 is 0 Å². The molecule has 4 bridgehead atoms. The maximum absolute atomic E-state index is 10.7. The third kappa shape index (κ3) is 44.4. The van der Waals surface area contributed by atoms with Gasteiger partial charge in [0.2, 0.25) is 0 Å². The van der Waals surface area contributed by atoms with Crippen molar-refractivity contribution in [3.8, 4) is 0 Å². The fraction of sp³-hybridized carbons (Fsp3) is 1.00. The molecule has 0 radical (unpaired) electrons. The second-order valence-corrected chi connectivity index (χ2v) is 38.1. The fourth-order valence-corrected chi connectivity index (χ4v) is 18.7. The van der Waals surface area contributed by atoms with E-state index in [1.807, 2.05) is 0 Å². The molecule has 4 fully saturated rings. The monoisotopic (exact) mass is 1460 g/mol. The van der Waals surface area contributed by atoms with Crippen LogP contribution in [-0.4, -0.2) is 128 Å². The van der Waals surface area contributed by atoms with E-state index in [0.717, 1.165) is 115 Å². The molecule has 4 rings (SSSR count). The highest BCUT2D eigenvalue weighted by atomic mass is 16.7. The molecule has 11 nitrogen and oxygen atoms in total.